The lowest BCUT2D eigenvalue weighted by molar-refractivity contribution is -0.137. The first-order chi connectivity index (χ1) is 8.97. The number of hydrogen-bond acceptors (Lipinski definition) is 3. The van der Waals surface area contributed by atoms with E-state index in [2.05, 4.69) is 10.6 Å². The summed E-state index contributed by atoms with van der Waals surface area (Å²) in [4.78, 5) is 11.8. The number of morpholine rings is 1. The molecule has 0 spiro atoms. The van der Waals surface area contributed by atoms with E-state index in [1.165, 1.54) is 12.1 Å². The van der Waals surface area contributed by atoms with E-state index in [4.69, 9.17) is 4.74 Å². The smallest absolute Gasteiger partial charge is 0.366 e. The molecule has 1 saturated heterocycles. The summed E-state index contributed by atoms with van der Waals surface area (Å²) < 4.78 is 42.8. The number of hydrogen-bond donors (Lipinski definition) is 2. The number of nitrogens with one attached hydrogen (secondary N) is 2. The fraction of sp³-hybridized carbons (Fsp3) is 0.417. The van der Waals surface area contributed by atoms with Crippen LogP contribution in [0, 0.1) is 0 Å². The highest BCUT2D eigenvalue weighted by atomic mass is 19.4. The van der Waals surface area contributed by atoms with E-state index < -0.39 is 23.8 Å². The van der Waals surface area contributed by atoms with Crippen molar-refractivity contribution in [1.82, 2.24) is 5.32 Å². The molecule has 1 aliphatic rings. The molecule has 2 N–H and O–H groups in total. The standard InChI is InChI=1S/C12H13F3N2O2/c13-12(14,15)8-2-1-3-9(6-8)17-11(18)10-7-16-4-5-19-10/h1-3,6,10,16H,4-5,7H2,(H,17,18). The monoisotopic (exact) mass is 274 g/mol. The lowest BCUT2D eigenvalue weighted by Crippen LogP contribution is -2.45. The van der Waals surface area contributed by atoms with Gasteiger partial charge >= 0.3 is 6.18 Å². The Morgan fingerprint density at radius 3 is 2.84 bits per heavy atom. The number of alkyl halides is 3. The van der Waals surface area contributed by atoms with Crippen molar-refractivity contribution in [3.8, 4) is 0 Å². The Morgan fingerprint density at radius 1 is 1.42 bits per heavy atom. The molecule has 104 valence electrons. The van der Waals surface area contributed by atoms with E-state index in [1.54, 1.807) is 0 Å². The highest BCUT2D eigenvalue weighted by molar-refractivity contribution is 5.94. The van der Waals surface area contributed by atoms with Crippen LogP contribution in [0.1, 0.15) is 5.56 Å². The summed E-state index contributed by atoms with van der Waals surface area (Å²) >= 11 is 0. The van der Waals surface area contributed by atoms with Gasteiger partial charge in [0, 0.05) is 18.8 Å². The third kappa shape index (κ3) is 3.68. The maximum absolute atomic E-state index is 12.5. The molecule has 0 radical (unpaired) electrons. The van der Waals surface area contributed by atoms with E-state index in [1.807, 2.05) is 0 Å². The summed E-state index contributed by atoms with van der Waals surface area (Å²) in [7, 11) is 0. The lowest BCUT2D eigenvalue weighted by Gasteiger charge is -2.22. The number of anilines is 1. The van der Waals surface area contributed by atoms with E-state index in [0.29, 0.717) is 19.7 Å². The summed E-state index contributed by atoms with van der Waals surface area (Å²) in [5, 5.41) is 5.39. The van der Waals surface area contributed by atoms with Crippen molar-refractivity contribution in [2.45, 2.75) is 12.3 Å². The number of carbonyl (C=O) groups excluding carboxylic acids is 1. The average Bonchev–Trinajstić information content (AvgIpc) is 2.39. The van der Waals surface area contributed by atoms with Crippen LogP contribution in [-0.2, 0) is 15.7 Å². The van der Waals surface area contributed by atoms with Gasteiger partial charge in [-0.1, -0.05) is 6.07 Å². The maximum Gasteiger partial charge on any atom is 0.416 e. The number of carbonyl (C=O) groups is 1. The van der Waals surface area contributed by atoms with Gasteiger partial charge in [0.2, 0.25) is 0 Å². The third-order valence-corrected chi connectivity index (χ3v) is 2.68. The SMILES string of the molecule is O=C(Nc1cccc(C(F)(F)F)c1)C1CNCCO1. The van der Waals surface area contributed by atoms with Crippen molar-refractivity contribution in [3.05, 3.63) is 29.8 Å². The second-order valence-corrected chi connectivity index (χ2v) is 4.13. The Bertz CT molecular complexity index is 457. The van der Waals surface area contributed by atoms with Gasteiger partial charge in [0.25, 0.3) is 5.91 Å². The fourth-order valence-corrected chi connectivity index (χ4v) is 1.73. The molecule has 1 aliphatic heterocycles. The van der Waals surface area contributed by atoms with Crippen molar-refractivity contribution >= 4 is 11.6 Å². The molecule has 7 heteroatoms. The van der Waals surface area contributed by atoms with Gasteiger partial charge < -0.3 is 15.4 Å². The van der Waals surface area contributed by atoms with Gasteiger partial charge in [0.15, 0.2) is 0 Å². The Kier molecular flexibility index (Phi) is 4.06. The van der Waals surface area contributed by atoms with Crippen LogP contribution in [-0.4, -0.2) is 31.7 Å². The summed E-state index contributed by atoms with van der Waals surface area (Å²) in [6.45, 7) is 1.42. The first-order valence-electron chi connectivity index (χ1n) is 5.77. The zero-order chi connectivity index (χ0) is 13.9. The molecule has 1 amide bonds. The second kappa shape index (κ2) is 5.58. The molecule has 19 heavy (non-hydrogen) atoms. The number of ether oxygens (including phenoxy) is 1. The lowest BCUT2D eigenvalue weighted by atomic mass is 10.2. The Labute approximate surface area is 107 Å². The molecule has 1 atom stereocenters. The van der Waals surface area contributed by atoms with Crippen molar-refractivity contribution in [2.75, 3.05) is 25.0 Å². The minimum atomic E-state index is -4.43. The van der Waals surface area contributed by atoms with Crippen LogP contribution in [0.5, 0.6) is 0 Å². The van der Waals surface area contributed by atoms with Gasteiger partial charge in [0.05, 0.1) is 12.2 Å². The fourth-order valence-electron chi connectivity index (χ4n) is 1.73. The molecule has 0 aliphatic carbocycles. The second-order valence-electron chi connectivity index (χ2n) is 4.13. The van der Waals surface area contributed by atoms with Crippen LogP contribution in [0.3, 0.4) is 0 Å². The Morgan fingerprint density at radius 2 is 2.21 bits per heavy atom. The van der Waals surface area contributed by atoms with Crippen molar-refractivity contribution in [2.24, 2.45) is 0 Å². The molecular formula is C12H13F3N2O2. The van der Waals surface area contributed by atoms with E-state index in [0.717, 1.165) is 12.1 Å². The quantitative estimate of drug-likeness (QED) is 0.862. The Hall–Kier alpha value is -1.60. The molecule has 1 aromatic rings. The highest BCUT2D eigenvalue weighted by Crippen LogP contribution is 2.30. The van der Waals surface area contributed by atoms with Crippen LogP contribution >= 0.6 is 0 Å². The van der Waals surface area contributed by atoms with Crippen LogP contribution in [0.4, 0.5) is 18.9 Å². The molecule has 0 saturated carbocycles. The average molecular weight is 274 g/mol. The van der Waals surface area contributed by atoms with Gasteiger partial charge in [-0.25, -0.2) is 0 Å². The molecular weight excluding hydrogens is 261 g/mol. The number of rotatable bonds is 2. The van der Waals surface area contributed by atoms with Gasteiger partial charge in [-0.05, 0) is 18.2 Å². The first kappa shape index (κ1) is 13.8. The normalized spacial score (nSPS) is 20.1. The van der Waals surface area contributed by atoms with E-state index >= 15 is 0 Å². The largest absolute Gasteiger partial charge is 0.416 e. The van der Waals surface area contributed by atoms with Crippen molar-refractivity contribution in [1.29, 1.82) is 0 Å². The molecule has 0 aromatic heterocycles. The van der Waals surface area contributed by atoms with Crippen LogP contribution in [0.25, 0.3) is 0 Å². The van der Waals surface area contributed by atoms with E-state index in [9.17, 15) is 18.0 Å². The van der Waals surface area contributed by atoms with Crippen LogP contribution in [0.15, 0.2) is 24.3 Å². The van der Waals surface area contributed by atoms with Gasteiger partial charge in [-0.2, -0.15) is 13.2 Å². The summed E-state index contributed by atoms with van der Waals surface area (Å²) in [5.74, 6) is -0.452. The molecule has 1 fully saturated rings. The topological polar surface area (TPSA) is 50.4 Å². The highest BCUT2D eigenvalue weighted by Gasteiger charge is 2.30. The zero-order valence-electron chi connectivity index (χ0n) is 9.96. The summed E-state index contributed by atoms with van der Waals surface area (Å²) in [6, 6.07) is 4.50. The maximum atomic E-state index is 12.5. The number of halogens is 3. The van der Waals surface area contributed by atoms with E-state index in [-0.39, 0.29) is 5.69 Å². The van der Waals surface area contributed by atoms with Crippen molar-refractivity contribution in [3.63, 3.8) is 0 Å². The van der Waals surface area contributed by atoms with Crippen LogP contribution in [0.2, 0.25) is 0 Å². The molecule has 1 unspecified atom stereocenters. The molecule has 0 bridgehead atoms. The molecule has 1 aromatic carbocycles. The van der Waals surface area contributed by atoms with Gasteiger partial charge in [-0.3, -0.25) is 4.79 Å². The predicted molar refractivity (Wildman–Crippen MR) is 62.7 cm³/mol. The van der Waals surface area contributed by atoms with Gasteiger partial charge in [0.1, 0.15) is 6.10 Å². The molecule has 2 rings (SSSR count). The molecule has 1 heterocycles. The predicted octanol–water partition coefficient (Wildman–Crippen LogP) is 1.63. The third-order valence-electron chi connectivity index (χ3n) is 2.68. The number of amides is 1. The Balaban J connectivity index is 2.04. The summed E-state index contributed by atoms with van der Waals surface area (Å²) in [6.07, 6.45) is -5.10. The van der Waals surface area contributed by atoms with Crippen molar-refractivity contribution < 1.29 is 22.7 Å². The molecule has 4 nitrogen and oxygen atoms in total. The minimum Gasteiger partial charge on any atom is -0.366 e. The van der Waals surface area contributed by atoms with Gasteiger partial charge in [-0.15, -0.1) is 0 Å². The number of benzene rings is 1. The summed E-state index contributed by atoms with van der Waals surface area (Å²) in [5.41, 5.74) is -0.693. The first-order valence-corrected chi connectivity index (χ1v) is 5.77. The minimum absolute atomic E-state index is 0.106. The zero-order valence-corrected chi connectivity index (χ0v) is 9.96. The van der Waals surface area contributed by atoms with Crippen LogP contribution < -0.4 is 10.6 Å².